The number of benzene rings is 1. The van der Waals surface area contributed by atoms with E-state index in [2.05, 4.69) is 10.2 Å². The number of aromatic nitrogens is 3. The van der Waals surface area contributed by atoms with Gasteiger partial charge in [0.05, 0.1) is 4.90 Å². The zero-order chi connectivity index (χ0) is 18.3. The normalized spacial score (nSPS) is 19.1. The van der Waals surface area contributed by atoms with E-state index in [9.17, 15) is 12.8 Å². The summed E-state index contributed by atoms with van der Waals surface area (Å²) >= 11 is 0. The minimum absolute atomic E-state index is 0.0301. The van der Waals surface area contributed by atoms with Crippen LogP contribution in [0.4, 0.5) is 4.39 Å². The van der Waals surface area contributed by atoms with Crippen LogP contribution in [0.2, 0.25) is 0 Å². The highest BCUT2D eigenvalue weighted by Crippen LogP contribution is 2.30. The lowest BCUT2D eigenvalue weighted by molar-refractivity contribution is 0.308. The smallest absolute Gasteiger partial charge is 0.243 e. The number of hydrogen-bond acceptors (Lipinski definition) is 4. The molecule has 3 aromatic rings. The predicted molar refractivity (Wildman–Crippen MR) is 94.9 cm³/mol. The maximum absolute atomic E-state index is 13.5. The zero-order valence-electron chi connectivity index (χ0n) is 14.3. The Morgan fingerprint density at radius 3 is 2.85 bits per heavy atom. The van der Waals surface area contributed by atoms with E-state index in [4.69, 9.17) is 0 Å². The summed E-state index contributed by atoms with van der Waals surface area (Å²) in [5.41, 5.74) is 1.07. The van der Waals surface area contributed by atoms with Gasteiger partial charge in [-0.25, -0.2) is 12.8 Å². The molecule has 4 rings (SSSR count). The Bertz CT molecular complexity index is 1060. The molecule has 1 saturated heterocycles. The molecule has 1 aromatic carbocycles. The molecule has 0 radical (unpaired) electrons. The fourth-order valence-electron chi connectivity index (χ4n) is 3.44. The van der Waals surface area contributed by atoms with Crippen molar-refractivity contribution in [3.63, 3.8) is 0 Å². The molecule has 1 aliphatic heterocycles. The molecular weight excluding hydrogens is 355 g/mol. The number of nitrogens with zero attached hydrogens (tertiary/aromatic N) is 4. The first-order valence-corrected chi connectivity index (χ1v) is 9.97. The number of aryl methyl sites for hydroxylation is 1. The van der Waals surface area contributed by atoms with Gasteiger partial charge >= 0.3 is 0 Å². The monoisotopic (exact) mass is 374 g/mol. The summed E-state index contributed by atoms with van der Waals surface area (Å²) in [6, 6.07) is 9.58. The van der Waals surface area contributed by atoms with Gasteiger partial charge in [0, 0.05) is 25.2 Å². The van der Waals surface area contributed by atoms with E-state index in [0.717, 1.165) is 24.3 Å². The maximum Gasteiger partial charge on any atom is 0.243 e. The summed E-state index contributed by atoms with van der Waals surface area (Å²) < 4.78 is 42.9. The van der Waals surface area contributed by atoms with Gasteiger partial charge in [0.15, 0.2) is 5.65 Å². The molecule has 8 heteroatoms. The summed E-state index contributed by atoms with van der Waals surface area (Å²) in [6.07, 6.45) is 3.48. The summed E-state index contributed by atoms with van der Waals surface area (Å²) in [7, 11) is -3.67. The highest BCUT2D eigenvalue weighted by molar-refractivity contribution is 7.89. The van der Waals surface area contributed by atoms with Gasteiger partial charge in [0.25, 0.3) is 0 Å². The van der Waals surface area contributed by atoms with Gasteiger partial charge in [-0.1, -0.05) is 6.07 Å². The van der Waals surface area contributed by atoms with Gasteiger partial charge in [-0.3, -0.25) is 4.40 Å². The Morgan fingerprint density at radius 2 is 2.04 bits per heavy atom. The average Bonchev–Trinajstić information content (AvgIpc) is 3.08. The van der Waals surface area contributed by atoms with Crippen molar-refractivity contribution in [3.05, 3.63) is 59.8 Å². The summed E-state index contributed by atoms with van der Waals surface area (Å²) in [4.78, 5) is 0.128. The van der Waals surface area contributed by atoms with Crippen molar-refractivity contribution in [2.45, 2.75) is 30.6 Å². The third kappa shape index (κ3) is 2.89. The van der Waals surface area contributed by atoms with Crippen molar-refractivity contribution in [2.75, 3.05) is 13.1 Å². The quantitative estimate of drug-likeness (QED) is 0.707. The molecule has 0 bridgehead atoms. The van der Waals surface area contributed by atoms with E-state index in [1.165, 1.54) is 22.5 Å². The SMILES string of the molecule is Cc1cc(S(=O)(=O)N2CCC[C@H](c3nnc4ccccn34)C2)ccc1F. The van der Waals surface area contributed by atoms with Crippen LogP contribution in [0.25, 0.3) is 5.65 Å². The van der Waals surface area contributed by atoms with Crippen LogP contribution >= 0.6 is 0 Å². The van der Waals surface area contributed by atoms with Crippen molar-refractivity contribution in [1.29, 1.82) is 0 Å². The fraction of sp³-hybridized carbons (Fsp3) is 0.333. The molecule has 1 fully saturated rings. The van der Waals surface area contributed by atoms with Gasteiger partial charge in [-0.15, -0.1) is 10.2 Å². The second-order valence-corrected chi connectivity index (χ2v) is 8.54. The lowest BCUT2D eigenvalue weighted by Gasteiger charge is -2.31. The summed E-state index contributed by atoms with van der Waals surface area (Å²) in [6.45, 7) is 2.36. The highest BCUT2D eigenvalue weighted by atomic mass is 32.2. The number of fused-ring (bicyclic) bond motifs is 1. The molecule has 0 N–H and O–H groups in total. The molecule has 0 aliphatic carbocycles. The van der Waals surface area contributed by atoms with Crippen molar-refractivity contribution in [3.8, 4) is 0 Å². The molecule has 3 heterocycles. The van der Waals surface area contributed by atoms with Crippen LogP contribution < -0.4 is 0 Å². The van der Waals surface area contributed by atoms with Gasteiger partial charge in [-0.05, 0) is 55.7 Å². The van der Waals surface area contributed by atoms with Gasteiger partial charge < -0.3 is 0 Å². The minimum Gasteiger partial charge on any atom is -0.286 e. The number of piperidine rings is 1. The van der Waals surface area contributed by atoms with Crippen LogP contribution in [0, 0.1) is 12.7 Å². The zero-order valence-corrected chi connectivity index (χ0v) is 15.2. The van der Waals surface area contributed by atoms with Crippen LogP contribution in [0.3, 0.4) is 0 Å². The lowest BCUT2D eigenvalue weighted by atomic mass is 9.99. The molecular formula is C18H19FN4O2S. The van der Waals surface area contributed by atoms with Gasteiger partial charge in [0.2, 0.25) is 10.0 Å². The number of sulfonamides is 1. The first kappa shape index (κ1) is 17.1. The standard InChI is InChI=1S/C18H19FN4O2S/c1-13-11-15(7-8-16(13)19)26(24,25)22-9-4-5-14(12-22)18-21-20-17-6-2-3-10-23(17)18/h2-3,6-8,10-11,14H,4-5,9,12H2,1H3/t14-/m0/s1. The molecule has 0 saturated carbocycles. The maximum atomic E-state index is 13.5. The summed E-state index contributed by atoms with van der Waals surface area (Å²) in [5, 5.41) is 8.44. The Labute approximate surface area is 151 Å². The number of pyridine rings is 1. The van der Waals surface area contributed by atoms with Crippen molar-refractivity contribution in [1.82, 2.24) is 18.9 Å². The third-order valence-corrected chi connectivity index (χ3v) is 6.72. The van der Waals surface area contributed by atoms with Crippen LogP contribution in [0.15, 0.2) is 47.5 Å². The molecule has 6 nitrogen and oxygen atoms in total. The van der Waals surface area contributed by atoms with Crippen molar-refractivity contribution in [2.24, 2.45) is 0 Å². The molecule has 1 aliphatic rings. The molecule has 2 aromatic heterocycles. The Balaban J connectivity index is 1.65. The van der Waals surface area contributed by atoms with Crippen LogP contribution in [-0.4, -0.2) is 40.4 Å². The van der Waals surface area contributed by atoms with Crippen molar-refractivity contribution < 1.29 is 12.8 Å². The molecule has 26 heavy (non-hydrogen) atoms. The molecule has 136 valence electrons. The molecule has 0 amide bonds. The molecule has 0 spiro atoms. The van der Waals surface area contributed by atoms with Crippen LogP contribution in [-0.2, 0) is 10.0 Å². The average molecular weight is 374 g/mol. The number of halogens is 1. The number of hydrogen-bond donors (Lipinski definition) is 0. The summed E-state index contributed by atoms with van der Waals surface area (Å²) in [5.74, 6) is 0.337. The predicted octanol–water partition coefficient (Wildman–Crippen LogP) is 2.75. The van der Waals surface area contributed by atoms with Crippen molar-refractivity contribution >= 4 is 15.7 Å². The molecule has 0 unspecified atom stereocenters. The first-order valence-electron chi connectivity index (χ1n) is 8.53. The lowest BCUT2D eigenvalue weighted by Crippen LogP contribution is -2.39. The van der Waals surface area contributed by atoms with E-state index < -0.39 is 15.8 Å². The fourth-order valence-corrected chi connectivity index (χ4v) is 5.05. The van der Waals surface area contributed by atoms with E-state index in [-0.39, 0.29) is 10.8 Å². The van der Waals surface area contributed by atoms with E-state index in [1.54, 1.807) is 6.92 Å². The Morgan fingerprint density at radius 1 is 1.19 bits per heavy atom. The molecule has 1 atom stereocenters. The number of rotatable bonds is 3. The van der Waals surface area contributed by atoms with Crippen LogP contribution in [0.5, 0.6) is 0 Å². The largest absolute Gasteiger partial charge is 0.286 e. The minimum atomic E-state index is -3.67. The van der Waals surface area contributed by atoms with Gasteiger partial charge in [0.1, 0.15) is 11.6 Å². The van der Waals surface area contributed by atoms with Gasteiger partial charge in [-0.2, -0.15) is 4.31 Å². The second kappa shape index (κ2) is 6.44. The second-order valence-electron chi connectivity index (χ2n) is 6.60. The first-order chi connectivity index (χ1) is 12.5. The van der Waals surface area contributed by atoms with E-state index in [1.807, 2.05) is 28.8 Å². The third-order valence-electron chi connectivity index (χ3n) is 4.86. The highest BCUT2D eigenvalue weighted by Gasteiger charge is 2.33. The topological polar surface area (TPSA) is 67.6 Å². The Hall–Kier alpha value is -2.32. The Kier molecular flexibility index (Phi) is 4.24. The van der Waals surface area contributed by atoms with E-state index >= 15 is 0 Å². The van der Waals surface area contributed by atoms with Crippen LogP contribution in [0.1, 0.15) is 30.1 Å². The van der Waals surface area contributed by atoms with E-state index in [0.29, 0.717) is 18.7 Å².